The van der Waals surface area contributed by atoms with Crippen LogP contribution in [-0.4, -0.2) is 61.7 Å². The van der Waals surface area contributed by atoms with E-state index in [0.29, 0.717) is 18.6 Å². The normalized spacial score (nSPS) is 20.7. The van der Waals surface area contributed by atoms with E-state index in [4.69, 9.17) is 4.74 Å². The lowest BCUT2D eigenvalue weighted by atomic mass is 10.0. The number of hydrogen-bond acceptors (Lipinski definition) is 7. The highest BCUT2D eigenvalue weighted by molar-refractivity contribution is 7.16. The van der Waals surface area contributed by atoms with Crippen LogP contribution in [0, 0.1) is 11.3 Å². The zero-order chi connectivity index (χ0) is 25.1. The molecule has 4 rings (SSSR count). The molecular formula is C27H29N3O4S. The van der Waals surface area contributed by atoms with E-state index in [9.17, 15) is 20.3 Å². The van der Waals surface area contributed by atoms with Gasteiger partial charge in [0.2, 0.25) is 0 Å². The average Bonchev–Trinajstić information content (AvgIpc) is 3.35. The Hall–Kier alpha value is -3.22. The van der Waals surface area contributed by atoms with E-state index < -0.39 is 24.2 Å². The number of thiophene rings is 1. The first-order chi connectivity index (χ1) is 16.8. The molecule has 1 amide bonds. The summed E-state index contributed by atoms with van der Waals surface area (Å²) in [4.78, 5) is 16.7. The van der Waals surface area contributed by atoms with Crippen LogP contribution in [0.3, 0.4) is 0 Å². The minimum atomic E-state index is -1.07. The molecule has 35 heavy (non-hydrogen) atoms. The number of nitrogens with one attached hydrogen (secondary N) is 1. The average molecular weight is 492 g/mol. The van der Waals surface area contributed by atoms with Gasteiger partial charge in [-0.3, -0.25) is 4.79 Å². The van der Waals surface area contributed by atoms with Gasteiger partial charge in [0.25, 0.3) is 5.91 Å². The standard InChI is InChI=1S/C27H29N3O4S/c1-16(21(14-28)27(33)29-15-23-26(32)22(31)10-11-34-23)24-8-9-25(35-24)19-5-4-18-13-20(30(2)3)7-6-17(18)12-19/h4-9,12-13,22-23,26,31-32H,10-11,15H2,1-3H3,(H,29,33)/b21-16+/t22-,23-,26+/m1/s1. The fourth-order valence-corrected chi connectivity index (χ4v) is 5.11. The summed E-state index contributed by atoms with van der Waals surface area (Å²) < 4.78 is 5.45. The molecule has 1 aliphatic rings. The molecule has 1 aromatic heterocycles. The number of anilines is 1. The molecule has 3 aromatic rings. The SMILES string of the molecule is C/C(=C(/C#N)C(=O)NC[C@H]1OCC[C@@H](O)[C@@H]1O)c1ccc(-c2ccc3cc(N(C)C)ccc3c2)s1. The van der Waals surface area contributed by atoms with Gasteiger partial charge in [0.15, 0.2) is 0 Å². The summed E-state index contributed by atoms with van der Waals surface area (Å²) >= 11 is 1.52. The predicted octanol–water partition coefficient (Wildman–Crippen LogP) is 3.56. The number of hydrogen-bond donors (Lipinski definition) is 3. The van der Waals surface area contributed by atoms with Crippen molar-refractivity contribution in [1.82, 2.24) is 5.32 Å². The van der Waals surface area contributed by atoms with Crippen LogP contribution in [0.2, 0.25) is 0 Å². The van der Waals surface area contributed by atoms with Crippen LogP contribution in [0.25, 0.3) is 26.8 Å². The third kappa shape index (κ3) is 5.39. The number of allylic oxidation sites excluding steroid dienone is 1. The van der Waals surface area contributed by atoms with E-state index in [1.807, 2.05) is 32.3 Å². The van der Waals surface area contributed by atoms with Crippen molar-refractivity contribution in [3.8, 4) is 16.5 Å². The minimum Gasteiger partial charge on any atom is -0.390 e. The number of nitrogens with zero attached hydrogens (tertiary/aromatic N) is 2. The summed E-state index contributed by atoms with van der Waals surface area (Å²) in [6.07, 6.45) is -2.31. The van der Waals surface area contributed by atoms with Gasteiger partial charge in [0.05, 0.1) is 6.10 Å². The Morgan fingerprint density at radius 3 is 2.66 bits per heavy atom. The van der Waals surface area contributed by atoms with Gasteiger partial charge in [-0.25, -0.2) is 0 Å². The molecule has 2 aromatic carbocycles. The second kappa shape index (κ2) is 10.6. The molecule has 0 radical (unpaired) electrons. The van der Waals surface area contributed by atoms with E-state index in [0.717, 1.165) is 31.8 Å². The Balaban J connectivity index is 1.52. The van der Waals surface area contributed by atoms with E-state index in [2.05, 4.69) is 46.6 Å². The summed E-state index contributed by atoms with van der Waals surface area (Å²) in [7, 11) is 4.04. The van der Waals surface area contributed by atoms with Gasteiger partial charge in [-0.2, -0.15) is 5.26 Å². The Labute approximate surface area is 208 Å². The zero-order valence-electron chi connectivity index (χ0n) is 20.0. The van der Waals surface area contributed by atoms with Crippen LogP contribution in [0.15, 0.2) is 54.1 Å². The molecule has 3 N–H and O–H groups in total. The lowest BCUT2D eigenvalue weighted by Gasteiger charge is -2.32. The monoisotopic (exact) mass is 491 g/mol. The van der Waals surface area contributed by atoms with Crippen molar-refractivity contribution in [3.05, 3.63) is 59.0 Å². The van der Waals surface area contributed by atoms with Crippen molar-refractivity contribution < 1.29 is 19.7 Å². The highest BCUT2D eigenvalue weighted by Gasteiger charge is 2.31. The van der Waals surface area contributed by atoms with Crippen LogP contribution in [0.4, 0.5) is 5.69 Å². The molecule has 3 atom stereocenters. The molecule has 1 aliphatic heterocycles. The van der Waals surface area contributed by atoms with E-state index >= 15 is 0 Å². The molecule has 1 fully saturated rings. The highest BCUT2D eigenvalue weighted by Crippen LogP contribution is 2.35. The summed E-state index contributed by atoms with van der Waals surface area (Å²) in [5.41, 5.74) is 2.82. The zero-order valence-corrected chi connectivity index (χ0v) is 20.8. The first-order valence-corrected chi connectivity index (χ1v) is 12.3. The van der Waals surface area contributed by atoms with Crippen LogP contribution >= 0.6 is 11.3 Å². The van der Waals surface area contributed by atoms with E-state index in [-0.39, 0.29) is 12.1 Å². The number of rotatable bonds is 6. The summed E-state index contributed by atoms with van der Waals surface area (Å²) in [6, 6.07) is 18.6. The van der Waals surface area contributed by atoms with Gasteiger partial charge in [0, 0.05) is 42.7 Å². The number of fused-ring (bicyclic) bond motifs is 1. The lowest BCUT2D eigenvalue weighted by molar-refractivity contribution is -0.136. The third-order valence-corrected chi connectivity index (χ3v) is 7.55. The number of carbonyl (C=O) groups excluding carboxylic acids is 1. The fourth-order valence-electron chi connectivity index (χ4n) is 4.11. The van der Waals surface area contributed by atoms with Gasteiger partial charge in [-0.1, -0.05) is 18.2 Å². The largest absolute Gasteiger partial charge is 0.390 e. The number of aliphatic hydroxyl groups excluding tert-OH is 2. The molecule has 2 heterocycles. The molecule has 0 unspecified atom stereocenters. The first-order valence-electron chi connectivity index (χ1n) is 11.5. The number of aliphatic hydroxyl groups is 2. The van der Waals surface area contributed by atoms with E-state index in [1.54, 1.807) is 6.92 Å². The van der Waals surface area contributed by atoms with Crippen molar-refractivity contribution in [2.24, 2.45) is 0 Å². The van der Waals surface area contributed by atoms with Gasteiger partial charge in [-0.15, -0.1) is 11.3 Å². The number of amides is 1. The van der Waals surface area contributed by atoms with Crippen molar-refractivity contribution in [1.29, 1.82) is 5.26 Å². The molecule has 0 bridgehead atoms. The summed E-state index contributed by atoms with van der Waals surface area (Å²) in [5, 5.41) is 34.5. The first kappa shape index (κ1) is 24.9. The Bertz CT molecular complexity index is 1310. The second-order valence-corrected chi connectivity index (χ2v) is 9.97. The van der Waals surface area contributed by atoms with Crippen molar-refractivity contribution in [2.75, 3.05) is 32.1 Å². The quantitative estimate of drug-likeness (QED) is 0.360. The highest BCUT2D eigenvalue weighted by atomic mass is 32.1. The summed E-state index contributed by atoms with van der Waals surface area (Å²) in [5.74, 6) is -0.529. The second-order valence-electron chi connectivity index (χ2n) is 8.88. The minimum absolute atomic E-state index is 0.0117. The number of benzene rings is 2. The molecular weight excluding hydrogens is 462 g/mol. The number of ether oxygens (including phenoxy) is 1. The van der Waals surface area contributed by atoms with Crippen molar-refractivity contribution in [2.45, 2.75) is 31.7 Å². The molecule has 0 spiro atoms. The molecule has 0 saturated carbocycles. The van der Waals surface area contributed by atoms with Crippen LogP contribution in [-0.2, 0) is 9.53 Å². The smallest absolute Gasteiger partial charge is 0.262 e. The van der Waals surface area contributed by atoms with Gasteiger partial charge >= 0.3 is 0 Å². The number of nitriles is 1. The molecule has 8 heteroatoms. The predicted molar refractivity (Wildman–Crippen MR) is 139 cm³/mol. The number of carbonyl (C=O) groups is 1. The Kier molecular flexibility index (Phi) is 7.53. The van der Waals surface area contributed by atoms with Crippen molar-refractivity contribution in [3.63, 3.8) is 0 Å². The van der Waals surface area contributed by atoms with Crippen LogP contribution < -0.4 is 10.2 Å². The van der Waals surface area contributed by atoms with Gasteiger partial charge < -0.3 is 25.2 Å². The van der Waals surface area contributed by atoms with E-state index in [1.165, 1.54) is 11.3 Å². The summed E-state index contributed by atoms with van der Waals surface area (Å²) in [6.45, 7) is 2.08. The van der Waals surface area contributed by atoms with Gasteiger partial charge in [-0.05, 0) is 65.6 Å². The van der Waals surface area contributed by atoms with Crippen LogP contribution in [0.5, 0.6) is 0 Å². The molecule has 0 aliphatic carbocycles. The van der Waals surface area contributed by atoms with Crippen LogP contribution in [0.1, 0.15) is 18.2 Å². The Morgan fingerprint density at radius 2 is 1.91 bits per heavy atom. The Morgan fingerprint density at radius 1 is 1.17 bits per heavy atom. The molecule has 182 valence electrons. The maximum atomic E-state index is 12.7. The van der Waals surface area contributed by atoms with Crippen molar-refractivity contribution >= 4 is 39.3 Å². The molecule has 1 saturated heterocycles. The van der Waals surface area contributed by atoms with Gasteiger partial charge in [0.1, 0.15) is 23.9 Å². The fraction of sp³-hybridized carbons (Fsp3) is 0.333. The molecule has 7 nitrogen and oxygen atoms in total. The maximum absolute atomic E-state index is 12.7. The maximum Gasteiger partial charge on any atom is 0.262 e. The lowest BCUT2D eigenvalue weighted by Crippen LogP contribution is -2.50. The third-order valence-electron chi connectivity index (χ3n) is 6.30. The topological polar surface area (TPSA) is 106 Å².